The van der Waals surface area contributed by atoms with Crippen LogP contribution in [0.25, 0.3) is 0 Å². The van der Waals surface area contributed by atoms with Crippen molar-refractivity contribution in [3.63, 3.8) is 0 Å². The number of carbonyl (C=O) groups excluding carboxylic acids is 3. The number of allylic oxidation sites excluding steroid dienone is 2. The van der Waals surface area contributed by atoms with Gasteiger partial charge in [-0.2, -0.15) is 0 Å². The molecule has 0 saturated carbocycles. The summed E-state index contributed by atoms with van der Waals surface area (Å²) in [5.74, 6) is -1.45. The number of nitrogens with zero attached hydrogens (tertiary/aromatic N) is 1. The van der Waals surface area contributed by atoms with E-state index in [2.05, 4.69) is 4.98 Å². The first-order valence-corrected chi connectivity index (χ1v) is 7.07. The molecule has 2 heterocycles. The summed E-state index contributed by atoms with van der Waals surface area (Å²) in [6.45, 7) is 1.26. The summed E-state index contributed by atoms with van der Waals surface area (Å²) in [7, 11) is 1.32. The van der Waals surface area contributed by atoms with Gasteiger partial charge >= 0.3 is 5.97 Å². The lowest BCUT2D eigenvalue weighted by atomic mass is 9.88. The molecular weight excluding hydrogens is 314 g/mol. The second kappa shape index (κ2) is 6.11. The van der Waals surface area contributed by atoms with E-state index < -0.39 is 11.8 Å². The zero-order valence-electron chi connectivity index (χ0n) is 13.0. The van der Waals surface area contributed by atoms with Crippen molar-refractivity contribution in [1.82, 2.24) is 4.98 Å². The lowest BCUT2D eigenvalue weighted by molar-refractivity contribution is 0.0429. The molecule has 2 aromatic heterocycles. The van der Waals surface area contributed by atoms with Crippen LogP contribution in [0.5, 0.6) is 0 Å². The van der Waals surface area contributed by atoms with Gasteiger partial charge in [0, 0.05) is 17.3 Å². The van der Waals surface area contributed by atoms with E-state index in [1.54, 1.807) is 6.07 Å². The zero-order valence-corrected chi connectivity index (χ0v) is 13.0. The van der Waals surface area contributed by atoms with Crippen molar-refractivity contribution in [2.24, 2.45) is 0 Å². The fraction of sp³-hybridized carbons (Fsp3) is 0.176. The van der Waals surface area contributed by atoms with Gasteiger partial charge in [0.2, 0.25) is 11.5 Å². The quantitative estimate of drug-likeness (QED) is 0.795. The summed E-state index contributed by atoms with van der Waals surface area (Å²) in [6, 6.07) is 4.48. The van der Waals surface area contributed by atoms with E-state index in [9.17, 15) is 14.4 Å². The first kappa shape index (κ1) is 15.7. The van der Waals surface area contributed by atoms with Crippen molar-refractivity contribution in [2.45, 2.75) is 13.5 Å². The average Bonchev–Trinajstić information content (AvgIpc) is 3.12. The van der Waals surface area contributed by atoms with Gasteiger partial charge in [-0.1, -0.05) is 0 Å². The monoisotopic (exact) mass is 327 g/mol. The SMILES string of the molecule is COC1=C(C)C(=O)c2ccnc(COC(=O)c3ccco3)c2C1=O. The molecule has 7 nitrogen and oxygen atoms in total. The molecule has 0 bridgehead atoms. The molecule has 122 valence electrons. The van der Waals surface area contributed by atoms with Crippen LogP contribution in [-0.2, 0) is 16.1 Å². The van der Waals surface area contributed by atoms with Crippen LogP contribution >= 0.6 is 0 Å². The fourth-order valence-corrected chi connectivity index (χ4v) is 2.49. The topological polar surface area (TPSA) is 95.7 Å². The largest absolute Gasteiger partial charge is 0.492 e. The van der Waals surface area contributed by atoms with Crippen LogP contribution < -0.4 is 0 Å². The van der Waals surface area contributed by atoms with Crippen molar-refractivity contribution in [2.75, 3.05) is 7.11 Å². The molecule has 0 atom stereocenters. The highest BCUT2D eigenvalue weighted by atomic mass is 16.5. The lowest BCUT2D eigenvalue weighted by Gasteiger charge is -2.19. The third kappa shape index (κ3) is 2.50. The van der Waals surface area contributed by atoms with E-state index in [4.69, 9.17) is 13.9 Å². The summed E-state index contributed by atoms with van der Waals surface area (Å²) >= 11 is 0. The number of fused-ring (bicyclic) bond motifs is 1. The van der Waals surface area contributed by atoms with Crippen molar-refractivity contribution < 1.29 is 28.3 Å². The van der Waals surface area contributed by atoms with E-state index in [0.717, 1.165) is 0 Å². The molecule has 0 saturated heterocycles. The molecule has 0 fully saturated rings. The number of ketones is 2. The average molecular weight is 327 g/mol. The minimum atomic E-state index is -0.687. The van der Waals surface area contributed by atoms with E-state index in [-0.39, 0.29) is 46.3 Å². The maximum absolute atomic E-state index is 12.6. The van der Waals surface area contributed by atoms with Gasteiger partial charge in [0.05, 0.1) is 24.6 Å². The fourth-order valence-electron chi connectivity index (χ4n) is 2.49. The van der Waals surface area contributed by atoms with Gasteiger partial charge in [-0.25, -0.2) is 4.79 Å². The smallest absolute Gasteiger partial charge is 0.374 e. The third-order valence-corrected chi connectivity index (χ3v) is 3.66. The molecule has 3 rings (SSSR count). The number of hydrogen-bond acceptors (Lipinski definition) is 7. The van der Waals surface area contributed by atoms with Crippen molar-refractivity contribution >= 4 is 17.5 Å². The van der Waals surface area contributed by atoms with Crippen LogP contribution in [-0.4, -0.2) is 29.6 Å². The number of methoxy groups -OCH3 is 1. The van der Waals surface area contributed by atoms with Crippen LogP contribution in [0.3, 0.4) is 0 Å². The Hall–Kier alpha value is -3.22. The second-order valence-electron chi connectivity index (χ2n) is 5.05. The number of furan rings is 1. The van der Waals surface area contributed by atoms with E-state index in [1.807, 2.05) is 0 Å². The van der Waals surface area contributed by atoms with Crippen LogP contribution in [0.15, 0.2) is 46.4 Å². The molecule has 0 N–H and O–H groups in total. The van der Waals surface area contributed by atoms with Gasteiger partial charge in [0.1, 0.15) is 6.61 Å². The minimum Gasteiger partial charge on any atom is -0.492 e. The molecule has 0 spiro atoms. The first-order valence-electron chi connectivity index (χ1n) is 7.07. The minimum absolute atomic E-state index is 0.0286. The van der Waals surface area contributed by atoms with Gasteiger partial charge in [-0.05, 0) is 25.1 Å². The highest BCUT2D eigenvalue weighted by Crippen LogP contribution is 2.28. The molecule has 0 amide bonds. The first-order chi connectivity index (χ1) is 11.5. The molecule has 2 aromatic rings. The van der Waals surface area contributed by atoms with Crippen molar-refractivity contribution in [3.8, 4) is 0 Å². The van der Waals surface area contributed by atoms with E-state index in [0.29, 0.717) is 0 Å². The van der Waals surface area contributed by atoms with Crippen molar-refractivity contribution in [3.05, 3.63) is 64.6 Å². The van der Waals surface area contributed by atoms with Gasteiger partial charge in [0.25, 0.3) is 0 Å². The molecular formula is C17H13NO6. The van der Waals surface area contributed by atoms with Gasteiger partial charge in [-0.3, -0.25) is 14.6 Å². The molecule has 1 aliphatic carbocycles. The Morgan fingerprint density at radius 3 is 2.71 bits per heavy atom. The maximum Gasteiger partial charge on any atom is 0.374 e. The molecule has 0 unspecified atom stereocenters. The molecule has 0 aromatic carbocycles. The number of Topliss-reactive ketones (excluding diaryl/α,β-unsaturated/α-hetero) is 2. The number of aromatic nitrogens is 1. The number of pyridine rings is 1. The van der Waals surface area contributed by atoms with E-state index >= 15 is 0 Å². The lowest BCUT2D eigenvalue weighted by Crippen LogP contribution is -2.24. The van der Waals surface area contributed by atoms with Gasteiger partial charge in [0.15, 0.2) is 11.5 Å². The summed E-state index contributed by atoms with van der Waals surface area (Å²) in [5, 5.41) is 0. The highest BCUT2D eigenvalue weighted by molar-refractivity contribution is 6.26. The summed E-state index contributed by atoms with van der Waals surface area (Å²) < 4.78 is 15.1. The Labute approximate surface area is 136 Å². The summed E-state index contributed by atoms with van der Waals surface area (Å²) in [5.41, 5.74) is 0.738. The Morgan fingerprint density at radius 2 is 2.04 bits per heavy atom. The predicted molar refractivity (Wildman–Crippen MR) is 80.4 cm³/mol. The molecule has 1 aliphatic rings. The van der Waals surface area contributed by atoms with Gasteiger partial charge in [-0.15, -0.1) is 0 Å². The number of rotatable bonds is 4. The second-order valence-corrected chi connectivity index (χ2v) is 5.05. The highest BCUT2D eigenvalue weighted by Gasteiger charge is 2.33. The van der Waals surface area contributed by atoms with E-state index in [1.165, 1.54) is 38.6 Å². The summed E-state index contributed by atoms with van der Waals surface area (Å²) in [6.07, 6.45) is 2.74. The Kier molecular flexibility index (Phi) is 3.99. The van der Waals surface area contributed by atoms with Crippen LogP contribution in [0.4, 0.5) is 0 Å². The molecule has 7 heteroatoms. The van der Waals surface area contributed by atoms with Gasteiger partial charge < -0.3 is 13.9 Å². The van der Waals surface area contributed by atoms with Crippen LogP contribution in [0.2, 0.25) is 0 Å². The predicted octanol–water partition coefficient (Wildman–Crippen LogP) is 2.33. The Morgan fingerprint density at radius 1 is 1.25 bits per heavy atom. The molecule has 24 heavy (non-hydrogen) atoms. The van der Waals surface area contributed by atoms with Crippen LogP contribution in [0, 0.1) is 0 Å². The molecule has 0 radical (unpaired) electrons. The molecule has 0 aliphatic heterocycles. The number of esters is 1. The Balaban J connectivity index is 1.92. The third-order valence-electron chi connectivity index (χ3n) is 3.66. The standard InChI is InChI=1S/C17H13NO6/c1-9-14(19)10-5-6-18-11(13(10)15(20)16(9)22-2)8-24-17(21)12-4-3-7-23-12/h3-7H,8H2,1-2H3. The zero-order chi connectivity index (χ0) is 17.3. The summed E-state index contributed by atoms with van der Waals surface area (Å²) in [4.78, 5) is 40.8. The normalized spacial score (nSPS) is 13.8. The Bertz CT molecular complexity index is 863. The number of hydrogen-bond donors (Lipinski definition) is 0. The maximum atomic E-state index is 12.6. The van der Waals surface area contributed by atoms with Crippen LogP contribution in [0.1, 0.15) is 43.9 Å². The number of carbonyl (C=O) groups is 3. The van der Waals surface area contributed by atoms with Crippen molar-refractivity contribution in [1.29, 1.82) is 0 Å². The number of ether oxygens (including phenoxy) is 2.